The smallest absolute Gasteiger partial charge is 0.251 e. The molecule has 1 amide bonds. The Labute approximate surface area is 127 Å². The molecule has 0 aromatic heterocycles. The molecule has 0 atom stereocenters. The van der Waals surface area contributed by atoms with Gasteiger partial charge >= 0.3 is 0 Å². The minimum atomic E-state index is -0.459. The highest BCUT2D eigenvalue weighted by Gasteiger charge is 2.10. The van der Waals surface area contributed by atoms with E-state index >= 15 is 0 Å². The predicted molar refractivity (Wildman–Crippen MR) is 85.0 cm³/mol. The molecule has 0 bridgehead atoms. The van der Waals surface area contributed by atoms with E-state index in [0.717, 1.165) is 10.6 Å². The zero-order chi connectivity index (χ0) is 15.2. The summed E-state index contributed by atoms with van der Waals surface area (Å²) in [7, 11) is 0. The monoisotopic (exact) mass is 304 g/mol. The number of hydrogen-bond donors (Lipinski definition) is 2. The fraction of sp³-hybridized carbons (Fsp3) is 0.188. The van der Waals surface area contributed by atoms with Gasteiger partial charge in [-0.2, -0.15) is 0 Å². The number of thioether (sulfide) groups is 1. The summed E-state index contributed by atoms with van der Waals surface area (Å²) in [6.07, 6.45) is 0. The molecule has 2 aromatic carbocycles. The Bertz CT molecular complexity index is 608. The molecule has 0 aliphatic carbocycles. The number of amides is 1. The van der Waals surface area contributed by atoms with Gasteiger partial charge < -0.3 is 11.1 Å². The maximum atomic E-state index is 13.5. The Morgan fingerprint density at radius 1 is 1.29 bits per heavy atom. The summed E-state index contributed by atoms with van der Waals surface area (Å²) in [5.74, 6) is -0.0207. The number of carbonyl (C=O) groups excluding carboxylic acids is 1. The van der Waals surface area contributed by atoms with Crippen molar-refractivity contribution < 1.29 is 9.18 Å². The number of halogens is 1. The Morgan fingerprint density at radius 2 is 2.00 bits per heavy atom. The van der Waals surface area contributed by atoms with Crippen LogP contribution < -0.4 is 11.1 Å². The fourth-order valence-corrected chi connectivity index (χ4v) is 2.57. The minimum absolute atomic E-state index is 0.250. The molecule has 3 N–H and O–H groups in total. The second-order valence-corrected chi connectivity index (χ2v) is 5.76. The van der Waals surface area contributed by atoms with E-state index in [2.05, 4.69) is 5.32 Å². The summed E-state index contributed by atoms with van der Waals surface area (Å²) in [5, 5.41) is 2.76. The summed E-state index contributed by atoms with van der Waals surface area (Å²) in [6, 6.07) is 12.6. The first-order valence-corrected chi connectivity index (χ1v) is 7.58. The highest BCUT2D eigenvalue weighted by molar-refractivity contribution is 7.99. The lowest BCUT2D eigenvalue weighted by atomic mass is 10.1. The lowest BCUT2D eigenvalue weighted by molar-refractivity contribution is 0.0955. The molecule has 0 unspecified atom stereocenters. The van der Waals surface area contributed by atoms with Crippen molar-refractivity contribution in [2.45, 2.75) is 11.8 Å². The molecule has 0 spiro atoms. The lowest BCUT2D eigenvalue weighted by Crippen LogP contribution is -2.26. The molecule has 0 radical (unpaired) electrons. The van der Waals surface area contributed by atoms with Crippen LogP contribution in [0.3, 0.4) is 0 Å². The quantitative estimate of drug-likeness (QED) is 0.506. The normalized spacial score (nSPS) is 10.4. The van der Waals surface area contributed by atoms with Gasteiger partial charge in [-0.3, -0.25) is 4.79 Å². The van der Waals surface area contributed by atoms with E-state index in [4.69, 9.17) is 5.73 Å². The number of anilines is 1. The van der Waals surface area contributed by atoms with Crippen LogP contribution in [0.1, 0.15) is 15.9 Å². The van der Waals surface area contributed by atoms with Crippen molar-refractivity contribution in [2.24, 2.45) is 0 Å². The van der Waals surface area contributed by atoms with Crippen molar-refractivity contribution in [3.05, 3.63) is 59.4 Å². The number of rotatable bonds is 5. The van der Waals surface area contributed by atoms with Crippen LogP contribution in [0.4, 0.5) is 10.1 Å². The molecule has 0 heterocycles. The van der Waals surface area contributed by atoms with Gasteiger partial charge in [-0.1, -0.05) is 18.2 Å². The molecule has 0 fully saturated rings. The number of nitrogen functional groups attached to an aromatic ring is 1. The summed E-state index contributed by atoms with van der Waals surface area (Å²) < 4.78 is 13.5. The first-order chi connectivity index (χ1) is 10.1. The average Bonchev–Trinajstić information content (AvgIpc) is 2.49. The van der Waals surface area contributed by atoms with Gasteiger partial charge in [0.2, 0.25) is 0 Å². The third-order valence-electron chi connectivity index (χ3n) is 3.05. The third-order valence-corrected chi connectivity index (χ3v) is 4.06. The van der Waals surface area contributed by atoms with E-state index in [1.54, 1.807) is 18.7 Å². The minimum Gasteiger partial charge on any atom is -0.398 e. The van der Waals surface area contributed by atoms with Crippen LogP contribution in [0.5, 0.6) is 0 Å². The number of nitrogens with two attached hydrogens (primary N) is 1. The Morgan fingerprint density at radius 3 is 2.67 bits per heavy atom. The molecule has 0 saturated heterocycles. The molecule has 5 heteroatoms. The molecule has 21 heavy (non-hydrogen) atoms. The molecule has 2 rings (SSSR count). The van der Waals surface area contributed by atoms with Crippen molar-refractivity contribution in [1.82, 2.24) is 5.32 Å². The van der Waals surface area contributed by atoms with Crippen LogP contribution in [0.2, 0.25) is 0 Å². The zero-order valence-corrected chi connectivity index (χ0v) is 12.5. The largest absolute Gasteiger partial charge is 0.398 e. The van der Waals surface area contributed by atoms with Gasteiger partial charge in [0.15, 0.2) is 0 Å². The molecule has 0 aliphatic heterocycles. The van der Waals surface area contributed by atoms with Crippen molar-refractivity contribution in [1.29, 1.82) is 0 Å². The number of benzene rings is 2. The van der Waals surface area contributed by atoms with Crippen LogP contribution in [0.25, 0.3) is 0 Å². The van der Waals surface area contributed by atoms with Gasteiger partial charge in [0.25, 0.3) is 5.91 Å². The first kappa shape index (κ1) is 15.4. The van der Waals surface area contributed by atoms with E-state index in [-0.39, 0.29) is 11.5 Å². The van der Waals surface area contributed by atoms with Crippen molar-refractivity contribution in [3.8, 4) is 0 Å². The molecular formula is C16H17FN2OS. The predicted octanol–water partition coefficient (Wildman–Crippen LogP) is 3.24. The fourth-order valence-electron chi connectivity index (χ4n) is 1.78. The van der Waals surface area contributed by atoms with E-state index < -0.39 is 5.82 Å². The Kier molecular flexibility index (Phi) is 5.22. The molecular weight excluding hydrogens is 287 g/mol. The SMILES string of the molecule is Cc1c(N)cc(C(=O)NCCSc2ccccc2)cc1F. The topological polar surface area (TPSA) is 55.1 Å². The van der Waals surface area contributed by atoms with E-state index in [9.17, 15) is 9.18 Å². The number of hydrogen-bond acceptors (Lipinski definition) is 3. The summed E-state index contributed by atoms with van der Waals surface area (Å²) in [6.45, 7) is 2.09. The number of nitrogens with one attached hydrogen (secondary N) is 1. The Hall–Kier alpha value is -2.01. The average molecular weight is 304 g/mol. The summed E-state index contributed by atoms with van der Waals surface area (Å²) >= 11 is 1.65. The van der Waals surface area contributed by atoms with E-state index in [1.807, 2.05) is 30.3 Å². The van der Waals surface area contributed by atoms with Gasteiger partial charge in [0.05, 0.1) is 0 Å². The van der Waals surface area contributed by atoms with Crippen LogP contribution in [0.15, 0.2) is 47.4 Å². The molecule has 110 valence electrons. The van der Waals surface area contributed by atoms with Crippen LogP contribution in [-0.4, -0.2) is 18.2 Å². The zero-order valence-electron chi connectivity index (χ0n) is 11.7. The van der Waals surface area contributed by atoms with Crippen LogP contribution in [0, 0.1) is 12.7 Å². The highest BCUT2D eigenvalue weighted by Crippen LogP contribution is 2.18. The van der Waals surface area contributed by atoms with Crippen LogP contribution >= 0.6 is 11.8 Å². The van der Waals surface area contributed by atoms with Gasteiger partial charge in [0, 0.05) is 34.0 Å². The van der Waals surface area contributed by atoms with Gasteiger partial charge in [-0.15, -0.1) is 11.8 Å². The lowest BCUT2D eigenvalue weighted by Gasteiger charge is -2.08. The van der Waals surface area contributed by atoms with E-state index in [1.165, 1.54) is 12.1 Å². The Balaban J connectivity index is 1.85. The molecule has 3 nitrogen and oxygen atoms in total. The summed E-state index contributed by atoms with van der Waals surface area (Å²) in [4.78, 5) is 13.1. The molecule has 2 aromatic rings. The standard InChI is InChI=1S/C16H17FN2OS/c1-11-14(17)9-12(10-15(11)18)16(20)19-7-8-21-13-5-3-2-4-6-13/h2-6,9-10H,7-8,18H2,1H3,(H,19,20). The molecule has 0 saturated carbocycles. The van der Waals surface area contributed by atoms with Crippen molar-refractivity contribution in [2.75, 3.05) is 18.0 Å². The second-order valence-electron chi connectivity index (χ2n) is 4.59. The maximum Gasteiger partial charge on any atom is 0.251 e. The van der Waals surface area contributed by atoms with Crippen molar-refractivity contribution >= 4 is 23.4 Å². The van der Waals surface area contributed by atoms with Crippen molar-refractivity contribution in [3.63, 3.8) is 0 Å². The van der Waals surface area contributed by atoms with Gasteiger partial charge in [-0.25, -0.2) is 4.39 Å². The second kappa shape index (κ2) is 7.13. The van der Waals surface area contributed by atoms with Gasteiger partial charge in [0.1, 0.15) is 5.82 Å². The number of carbonyl (C=O) groups is 1. The summed E-state index contributed by atoms with van der Waals surface area (Å²) in [5.41, 5.74) is 6.57. The maximum absolute atomic E-state index is 13.5. The first-order valence-electron chi connectivity index (χ1n) is 6.59. The molecule has 0 aliphatic rings. The van der Waals surface area contributed by atoms with Gasteiger partial charge in [-0.05, 0) is 31.2 Å². The highest BCUT2D eigenvalue weighted by atomic mass is 32.2. The third kappa shape index (κ3) is 4.23. The van der Waals surface area contributed by atoms with E-state index in [0.29, 0.717) is 17.8 Å². The van der Waals surface area contributed by atoms with Crippen LogP contribution in [-0.2, 0) is 0 Å².